The molecule has 0 aromatic carbocycles. The standard InChI is InChI=1S/C9H7F3N2O2.C4H10.C2H6/c10-9(11,12)6-1-2-7(13-5-6)14-3-4-16-8(14)15;1-4(2)3;1-2/h1-2,5H,3-4H2;4H,1-3H3;1-2H3. The van der Waals surface area contributed by atoms with E-state index in [0.717, 1.165) is 18.1 Å². The molecule has 2 rings (SSSR count). The maximum atomic E-state index is 12.2. The molecule has 1 amide bonds. The van der Waals surface area contributed by atoms with Crippen LogP contribution in [0.5, 0.6) is 0 Å². The largest absolute Gasteiger partial charge is 0.447 e. The van der Waals surface area contributed by atoms with Gasteiger partial charge in [0.05, 0.1) is 12.1 Å². The van der Waals surface area contributed by atoms with Gasteiger partial charge in [0.2, 0.25) is 0 Å². The summed E-state index contributed by atoms with van der Waals surface area (Å²) in [6.45, 7) is 11.0. The first-order chi connectivity index (χ1) is 10.2. The molecule has 0 unspecified atom stereocenters. The molecule has 126 valence electrons. The Labute approximate surface area is 129 Å². The molecule has 2 heterocycles. The fourth-order valence-corrected chi connectivity index (χ4v) is 1.31. The van der Waals surface area contributed by atoms with Crippen LogP contribution in [0.4, 0.5) is 23.8 Å². The molecule has 1 aliphatic heterocycles. The third kappa shape index (κ3) is 6.78. The number of carbonyl (C=O) groups is 1. The van der Waals surface area contributed by atoms with Gasteiger partial charge in [0, 0.05) is 6.20 Å². The molecule has 0 atom stereocenters. The summed E-state index contributed by atoms with van der Waals surface area (Å²) in [7, 11) is 0. The molecular weight excluding hydrogens is 297 g/mol. The van der Waals surface area contributed by atoms with Crippen molar-refractivity contribution in [2.24, 2.45) is 5.92 Å². The lowest BCUT2D eigenvalue weighted by molar-refractivity contribution is -0.137. The van der Waals surface area contributed by atoms with Crippen molar-refractivity contribution < 1.29 is 22.7 Å². The molecule has 1 aromatic heterocycles. The highest BCUT2D eigenvalue weighted by atomic mass is 19.4. The molecule has 1 aromatic rings. The summed E-state index contributed by atoms with van der Waals surface area (Å²) in [6, 6.07) is 2.03. The molecule has 1 saturated heterocycles. The van der Waals surface area contributed by atoms with Crippen molar-refractivity contribution in [3.8, 4) is 0 Å². The van der Waals surface area contributed by atoms with Crippen molar-refractivity contribution in [3.63, 3.8) is 0 Å². The second-order valence-electron chi connectivity index (χ2n) is 4.90. The molecule has 0 aliphatic carbocycles. The molecule has 0 spiro atoms. The monoisotopic (exact) mass is 320 g/mol. The van der Waals surface area contributed by atoms with Gasteiger partial charge >= 0.3 is 12.3 Å². The summed E-state index contributed by atoms with van der Waals surface area (Å²) in [4.78, 5) is 15.9. The quantitative estimate of drug-likeness (QED) is 0.750. The highest BCUT2D eigenvalue weighted by molar-refractivity contribution is 5.88. The topological polar surface area (TPSA) is 42.4 Å². The van der Waals surface area contributed by atoms with E-state index < -0.39 is 17.8 Å². The lowest BCUT2D eigenvalue weighted by Crippen LogP contribution is -2.24. The van der Waals surface area contributed by atoms with Crippen LogP contribution in [-0.2, 0) is 10.9 Å². The maximum Gasteiger partial charge on any atom is 0.417 e. The summed E-state index contributed by atoms with van der Waals surface area (Å²) in [5.74, 6) is 0.996. The van der Waals surface area contributed by atoms with Crippen LogP contribution in [0.3, 0.4) is 0 Å². The Morgan fingerprint density at radius 1 is 1.23 bits per heavy atom. The SMILES string of the molecule is CC.CC(C)C.O=C1OCCN1c1ccc(C(F)(F)F)cn1. The van der Waals surface area contributed by atoms with E-state index in [0.29, 0.717) is 12.7 Å². The molecule has 0 N–H and O–H groups in total. The first-order valence-corrected chi connectivity index (χ1v) is 7.19. The first-order valence-electron chi connectivity index (χ1n) is 7.19. The predicted molar refractivity (Wildman–Crippen MR) is 79.8 cm³/mol. The van der Waals surface area contributed by atoms with Crippen LogP contribution in [-0.4, -0.2) is 24.2 Å². The summed E-state index contributed by atoms with van der Waals surface area (Å²) in [6.07, 6.45) is -4.31. The maximum absolute atomic E-state index is 12.2. The van der Waals surface area contributed by atoms with Gasteiger partial charge in [-0.2, -0.15) is 13.2 Å². The van der Waals surface area contributed by atoms with Crippen LogP contribution in [0.1, 0.15) is 40.2 Å². The van der Waals surface area contributed by atoms with Gasteiger partial charge in [0.1, 0.15) is 12.4 Å². The van der Waals surface area contributed by atoms with E-state index in [1.165, 1.54) is 4.90 Å². The number of aromatic nitrogens is 1. The molecule has 0 radical (unpaired) electrons. The smallest absolute Gasteiger partial charge is 0.417 e. The molecule has 4 nitrogen and oxygen atoms in total. The second-order valence-corrected chi connectivity index (χ2v) is 4.90. The number of nitrogens with zero attached hydrogens (tertiary/aromatic N) is 2. The fraction of sp³-hybridized carbons (Fsp3) is 0.600. The van der Waals surface area contributed by atoms with Gasteiger partial charge in [-0.15, -0.1) is 0 Å². The molecular formula is C15H23F3N2O2. The highest BCUT2D eigenvalue weighted by Gasteiger charge is 2.31. The van der Waals surface area contributed by atoms with Crippen molar-refractivity contribution in [3.05, 3.63) is 23.9 Å². The van der Waals surface area contributed by atoms with E-state index >= 15 is 0 Å². The Kier molecular flexibility index (Phi) is 8.52. The second kappa shape index (κ2) is 9.27. The minimum atomic E-state index is -4.42. The van der Waals surface area contributed by atoms with E-state index in [1.54, 1.807) is 0 Å². The van der Waals surface area contributed by atoms with Crippen LogP contribution >= 0.6 is 0 Å². The fourth-order valence-electron chi connectivity index (χ4n) is 1.31. The molecule has 1 fully saturated rings. The number of hydrogen-bond donors (Lipinski definition) is 0. The van der Waals surface area contributed by atoms with E-state index in [9.17, 15) is 18.0 Å². The van der Waals surface area contributed by atoms with Gasteiger partial charge < -0.3 is 4.74 Å². The highest BCUT2D eigenvalue weighted by Crippen LogP contribution is 2.29. The zero-order chi connectivity index (χ0) is 17.3. The van der Waals surface area contributed by atoms with Crippen molar-refractivity contribution in [1.82, 2.24) is 4.98 Å². The summed E-state index contributed by atoms with van der Waals surface area (Å²) < 4.78 is 41.3. The van der Waals surface area contributed by atoms with Crippen LogP contribution in [0, 0.1) is 5.92 Å². The van der Waals surface area contributed by atoms with Gasteiger partial charge in [0.25, 0.3) is 0 Å². The van der Waals surface area contributed by atoms with Crippen LogP contribution in [0.25, 0.3) is 0 Å². The van der Waals surface area contributed by atoms with E-state index in [4.69, 9.17) is 0 Å². The normalized spacial score (nSPS) is 13.9. The lowest BCUT2D eigenvalue weighted by atomic mass is 10.3. The number of amides is 1. The Bertz CT molecular complexity index is 442. The average Bonchev–Trinajstić information content (AvgIpc) is 2.86. The van der Waals surface area contributed by atoms with Crippen molar-refractivity contribution in [2.45, 2.75) is 40.8 Å². The van der Waals surface area contributed by atoms with Gasteiger partial charge in [0.15, 0.2) is 0 Å². The number of ether oxygens (including phenoxy) is 1. The number of rotatable bonds is 1. The number of cyclic esters (lactones) is 1. The van der Waals surface area contributed by atoms with Crippen LogP contribution < -0.4 is 4.90 Å². The number of carbonyl (C=O) groups excluding carboxylic acids is 1. The number of halogens is 3. The molecule has 1 aliphatic rings. The summed E-state index contributed by atoms with van der Waals surface area (Å²) in [5.41, 5.74) is -0.844. The lowest BCUT2D eigenvalue weighted by Gasteiger charge is -2.12. The summed E-state index contributed by atoms with van der Waals surface area (Å²) >= 11 is 0. The first kappa shape index (κ1) is 20.2. The van der Waals surface area contributed by atoms with E-state index in [2.05, 4.69) is 30.5 Å². The molecule has 0 bridgehead atoms. The molecule has 0 saturated carbocycles. The van der Waals surface area contributed by atoms with E-state index in [1.807, 2.05) is 13.8 Å². The minimum Gasteiger partial charge on any atom is -0.447 e. The van der Waals surface area contributed by atoms with Crippen molar-refractivity contribution in [1.29, 1.82) is 0 Å². The Hall–Kier alpha value is -1.79. The van der Waals surface area contributed by atoms with E-state index in [-0.39, 0.29) is 12.4 Å². The zero-order valence-electron chi connectivity index (χ0n) is 13.6. The molecule has 22 heavy (non-hydrogen) atoms. The van der Waals surface area contributed by atoms with Gasteiger partial charge in [-0.25, -0.2) is 9.78 Å². The van der Waals surface area contributed by atoms with Crippen LogP contribution in [0.2, 0.25) is 0 Å². The third-order valence-electron chi connectivity index (χ3n) is 2.11. The number of alkyl halides is 3. The van der Waals surface area contributed by atoms with Crippen molar-refractivity contribution in [2.75, 3.05) is 18.1 Å². The Morgan fingerprint density at radius 2 is 1.77 bits per heavy atom. The van der Waals surface area contributed by atoms with Gasteiger partial charge in [-0.1, -0.05) is 34.6 Å². The summed E-state index contributed by atoms with van der Waals surface area (Å²) in [5, 5.41) is 0. The zero-order valence-corrected chi connectivity index (χ0v) is 13.6. The van der Waals surface area contributed by atoms with Gasteiger partial charge in [-0.05, 0) is 18.1 Å². The minimum absolute atomic E-state index is 0.163. The average molecular weight is 320 g/mol. The third-order valence-corrected chi connectivity index (χ3v) is 2.11. The number of hydrogen-bond acceptors (Lipinski definition) is 3. The van der Waals surface area contributed by atoms with Gasteiger partial charge in [-0.3, -0.25) is 4.90 Å². The number of anilines is 1. The van der Waals surface area contributed by atoms with Crippen molar-refractivity contribution >= 4 is 11.9 Å². The number of pyridine rings is 1. The Balaban J connectivity index is 0.000000640. The molecule has 7 heteroatoms. The Morgan fingerprint density at radius 3 is 2.09 bits per heavy atom. The predicted octanol–water partition coefficient (Wildman–Crippen LogP) is 4.75. The van der Waals surface area contributed by atoms with Crippen LogP contribution in [0.15, 0.2) is 18.3 Å².